The molecule has 138 valence electrons. The van der Waals surface area contributed by atoms with Crippen LogP contribution >= 0.6 is 11.3 Å². The summed E-state index contributed by atoms with van der Waals surface area (Å²) >= 11 is 1.20. The quantitative estimate of drug-likeness (QED) is 0.654. The Morgan fingerprint density at radius 2 is 2.12 bits per heavy atom. The second-order valence-electron chi connectivity index (χ2n) is 7.17. The molecule has 7 nitrogen and oxygen atoms in total. The van der Waals surface area contributed by atoms with Crippen LogP contribution in [-0.4, -0.2) is 26.3 Å². The second-order valence-corrected chi connectivity index (χ2v) is 8.32. The summed E-state index contributed by atoms with van der Waals surface area (Å²) in [6, 6.07) is 3.34. The molecule has 0 bridgehead atoms. The van der Waals surface area contributed by atoms with Crippen molar-refractivity contribution in [3.63, 3.8) is 0 Å². The Hall–Kier alpha value is -2.06. The number of hydrogen-bond acceptors (Lipinski definition) is 6. The molecule has 4 rings (SSSR count). The number of fused-ring (bicyclic) bond motifs is 1. The molecule has 26 heavy (non-hydrogen) atoms. The largest absolute Gasteiger partial charge is 0.324 e. The van der Waals surface area contributed by atoms with E-state index in [9.17, 15) is 14.9 Å². The lowest BCUT2D eigenvalue weighted by molar-refractivity contribution is -0.380. The zero-order valence-electron chi connectivity index (χ0n) is 14.6. The van der Waals surface area contributed by atoms with E-state index < -0.39 is 0 Å². The van der Waals surface area contributed by atoms with Gasteiger partial charge in [-0.25, -0.2) is 4.98 Å². The maximum Gasteiger partial charge on any atom is 0.324 e. The van der Waals surface area contributed by atoms with Gasteiger partial charge in [-0.15, -0.1) is 0 Å². The van der Waals surface area contributed by atoms with Crippen LogP contribution in [0.25, 0.3) is 0 Å². The van der Waals surface area contributed by atoms with Crippen molar-refractivity contribution in [1.82, 2.24) is 14.9 Å². The van der Waals surface area contributed by atoms with Crippen molar-refractivity contribution in [2.45, 2.75) is 57.5 Å². The Labute approximate surface area is 155 Å². The molecule has 0 spiro atoms. The Kier molecular flexibility index (Phi) is 4.86. The van der Waals surface area contributed by atoms with E-state index in [4.69, 9.17) is 4.98 Å². The van der Waals surface area contributed by atoms with Crippen LogP contribution in [0, 0.1) is 10.1 Å². The topological polar surface area (TPSA) is 92.1 Å². The average Bonchev–Trinajstić information content (AvgIpc) is 3.12. The van der Waals surface area contributed by atoms with Gasteiger partial charge < -0.3 is 4.98 Å². The van der Waals surface area contributed by atoms with Gasteiger partial charge in [0.25, 0.3) is 5.56 Å². The third kappa shape index (κ3) is 3.57. The van der Waals surface area contributed by atoms with E-state index in [1.54, 1.807) is 12.1 Å². The van der Waals surface area contributed by atoms with Crippen molar-refractivity contribution in [1.29, 1.82) is 0 Å². The van der Waals surface area contributed by atoms with Crippen molar-refractivity contribution >= 4 is 16.3 Å². The average molecular weight is 374 g/mol. The highest BCUT2D eigenvalue weighted by Gasteiger charge is 2.25. The summed E-state index contributed by atoms with van der Waals surface area (Å²) in [5, 5.41) is 11.0. The normalized spacial score (nSPS) is 18.6. The molecule has 0 unspecified atom stereocenters. The predicted molar refractivity (Wildman–Crippen MR) is 99.5 cm³/mol. The van der Waals surface area contributed by atoms with Gasteiger partial charge in [-0.1, -0.05) is 30.6 Å². The van der Waals surface area contributed by atoms with Crippen LogP contribution in [0.15, 0.2) is 16.9 Å². The Balaban J connectivity index is 1.49. The standard InChI is InChI=1S/C18H22N4O3S/c23-18-14-11-21(10-13-6-7-16(26-13)22(24)25)9-8-15(14)19-17(20-18)12-4-2-1-3-5-12/h6-7,12H,1-5,8-11H2,(H,19,20,23). The number of thiophene rings is 1. The number of nitrogens with one attached hydrogen (secondary N) is 1. The molecule has 8 heteroatoms. The third-order valence-corrected chi connectivity index (χ3v) is 6.39. The fourth-order valence-electron chi connectivity index (χ4n) is 3.97. The Morgan fingerprint density at radius 3 is 2.85 bits per heavy atom. The van der Waals surface area contributed by atoms with E-state index >= 15 is 0 Å². The van der Waals surface area contributed by atoms with Crippen LogP contribution in [0.2, 0.25) is 0 Å². The second kappa shape index (κ2) is 7.28. The monoisotopic (exact) mass is 374 g/mol. The van der Waals surface area contributed by atoms with Gasteiger partial charge >= 0.3 is 5.00 Å². The van der Waals surface area contributed by atoms with Crippen LogP contribution in [0.3, 0.4) is 0 Å². The van der Waals surface area contributed by atoms with Crippen molar-refractivity contribution in [3.8, 4) is 0 Å². The summed E-state index contributed by atoms with van der Waals surface area (Å²) in [6.45, 7) is 2.00. The Bertz CT molecular complexity index is 870. The summed E-state index contributed by atoms with van der Waals surface area (Å²) in [6.07, 6.45) is 6.70. The zero-order valence-corrected chi connectivity index (χ0v) is 15.4. The summed E-state index contributed by atoms with van der Waals surface area (Å²) in [7, 11) is 0. The van der Waals surface area contributed by atoms with Gasteiger partial charge in [-0.05, 0) is 18.9 Å². The van der Waals surface area contributed by atoms with Crippen molar-refractivity contribution in [2.75, 3.05) is 6.54 Å². The first-order valence-corrected chi connectivity index (χ1v) is 9.99. The van der Waals surface area contributed by atoms with Crippen LogP contribution in [0.5, 0.6) is 0 Å². The fourth-order valence-corrected chi connectivity index (χ4v) is 4.84. The zero-order chi connectivity index (χ0) is 18.1. The molecule has 0 atom stereocenters. The summed E-state index contributed by atoms with van der Waals surface area (Å²) in [5.74, 6) is 1.27. The van der Waals surface area contributed by atoms with Crippen LogP contribution in [0.1, 0.15) is 60.0 Å². The first kappa shape index (κ1) is 17.4. The molecule has 1 N–H and O–H groups in total. The van der Waals surface area contributed by atoms with E-state index in [2.05, 4.69) is 9.88 Å². The van der Waals surface area contributed by atoms with Crippen LogP contribution in [-0.2, 0) is 19.5 Å². The third-order valence-electron chi connectivity index (χ3n) is 5.36. The molecule has 2 aliphatic rings. The van der Waals surface area contributed by atoms with E-state index in [0.29, 0.717) is 19.0 Å². The van der Waals surface area contributed by atoms with E-state index in [0.717, 1.165) is 47.8 Å². The molecule has 1 saturated carbocycles. The van der Waals surface area contributed by atoms with Crippen molar-refractivity contribution in [2.24, 2.45) is 0 Å². The molecule has 2 aromatic rings. The number of aromatic amines is 1. The lowest BCUT2D eigenvalue weighted by atomic mass is 9.88. The fraction of sp³-hybridized carbons (Fsp3) is 0.556. The number of nitro groups is 1. The molecular weight excluding hydrogens is 352 g/mol. The summed E-state index contributed by atoms with van der Waals surface area (Å²) in [5.41, 5.74) is 1.67. The molecule has 1 aliphatic heterocycles. The van der Waals surface area contributed by atoms with Gasteiger partial charge in [0.15, 0.2) is 0 Å². The molecule has 0 radical (unpaired) electrons. The lowest BCUT2D eigenvalue weighted by Crippen LogP contribution is -2.36. The molecule has 1 fully saturated rings. The van der Waals surface area contributed by atoms with Gasteiger partial charge in [-0.2, -0.15) is 0 Å². The van der Waals surface area contributed by atoms with Crippen molar-refractivity contribution in [3.05, 3.63) is 54.6 Å². The predicted octanol–water partition coefficient (Wildman–Crippen LogP) is 3.35. The maximum atomic E-state index is 12.6. The van der Waals surface area contributed by atoms with E-state index in [-0.39, 0.29) is 15.5 Å². The number of nitrogens with zero attached hydrogens (tertiary/aromatic N) is 3. The molecule has 0 saturated heterocycles. The van der Waals surface area contributed by atoms with Gasteiger partial charge in [0.1, 0.15) is 5.82 Å². The first-order valence-electron chi connectivity index (χ1n) is 9.17. The van der Waals surface area contributed by atoms with E-state index in [1.165, 1.54) is 30.6 Å². The minimum atomic E-state index is -0.360. The first-order chi connectivity index (χ1) is 12.6. The molecular formula is C18H22N4O3S. The van der Waals surface area contributed by atoms with Crippen molar-refractivity contribution < 1.29 is 4.92 Å². The van der Waals surface area contributed by atoms with Crippen LogP contribution < -0.4 is 5.56 Å². The number of rotatable bonds is 4. The minimum absolute atomic E-state index is 0.0163. The van der Waals surface area contributed by atoms with Crippen LogP contribution in [0.4, 0.5) is 5.00 Å². The number of aromatic nitrogens is 2. The number of hydrogen-bond donors (Lipinski definition) is 1. The smallest absolute Gasteiger partial charge is 0.310 e. The summed E-state index contributed by atoms with van der Waals surface area (Å²) < 4.78 is 0. The van der Waals surface area contributed by atoms with Gasteiger partial charge in [-0.3, -0.25) is 19.8 Å². The highest BCUT2D eigenvalue weighted by atomic mass is 32.1. The van der Waals surface area contributed by atoms with Gasteiger partial charge in [0.05, 0.1) is 16.2 Å². The highest BCUT2D eigenvalue weighted by molar-refractivity contribution is 7.15. The summed E-state index contributed by atoms with van der Waals surface area (Å²) in [4.78, 5) is 34.0. The molecule has 0 amide bonds. The minimum Gasteiger partial charge on any atom is -0.310 e. The molecule has 1 aliphatic carbocycles. The molecule has 3 heterocycles. The lowest BCUT2D eigenvalue weighted by Gasteiger charge is -2.28. The highest BCUT2D eigenvalue weighted by Crippen LogP contribution is 2.31. The SMILES string of the molecule is O=c1[nH]c(C2CCCCC2)nc2c1CN(Cc1ccc([N+](=O)[O-])s1)CC2. The maximum absolute atomic E-state index is 12.6. The van der Waals surface area contributed by atoms with Gasteiger partial charge in [0, 0.05) is 42.9 Å². The molecule has 0 aromatic carbocycles. The number of H-pyrrole nitrogens is 1. The van der Waals surface area contributed by atoms with E-state index in [1.807, 2.05) is 0 Å². The Morgan fingerprint density at radius 1 is 1.31 bits per heavy atom. The van der Waals surface area contributed by atoms with Gasteiger partial charge in [0.2, 0.25) is 0 Å². The molecule has 2 aromatic heterocycles.